The Morgan fingerprint density at radius 3 is 2.62 bits per heavy atom. The first-order valence-electron chi connectivity index (χ1n) is 6.53. The van der Waals surface area contributed by atoms with Crippen molar-refractivity contribution in [2.75, 3.05) is 25.9 Å². The highest BCUT2D eigenvalue weighted by Crippen LogP contribution is 2.26. The average Bonchev–Trinajstić information content (AvgIpc) is 2.46. The number of rotatable bonds is 3. The number of carbonyl (C=O) groups is 1. The smallest absolute Gasteiger partial charge is 0.292 e. The van der Waals surface area contributed by atoms with Crippen LogP contribution in [0.2, 0.25) is 0 Å². The van der Waals surface area contributed by atoms with Gasteiger partial charge in [-0.3, -0.25) is 14.9 Å². The van der Waals surface area contributed by atoms with Gasteiger partial charge in [0.2, 0.25) is 0 Å². The Balaban J connectivity index is 0.00000220. The number of nitrogens with zero attached hydrogens (tertiary/aromatic N) is 2. The van der Waals surface area contributed by atoms with Gasteiger partial charge in [0, 0.05) is 19.2 Å². The molecular formula is C13H19ClN4O3. The highest BCUT2D eigenvalue weighted by molar-refractivity contribution is 6.01. The van der Waals surface area contributed by atoms with Crippen LogP contribution in [0.15, 0.2) is 18.2 Å². The maximum Gasteiger partial charge on any atom is 0.292 e. The lowest BCUT2D eigenvalue weighted by Gasteiger charge is -2.31. The molecule has 1 fully saturated rings. The third-order valence-corrected chi connectivity index (χ3v) is 3.69. The zero-order chi connectivity index (χ0) is 14.7. The van der Waals surface area contributed by atoms with E-state index in [1.54, 1.807) is 11.9 Å². The van der Waals surface area contributed by atoms with Crippen molar-refractivity contribution >= 4 is 29.7 Å². The number of anilines is 1. The lowest BCUT2D eigenvalue weighted by atomic mass is 10.0. The largest absolute Gasteiger partial charge is 0.393 e. The van der Waals surface area contributed by atoms with Gasteiger partial charge in [0.15, 0.2) is 0 Å². The number of hydrogen-bond donors (Lipinski definition) is 2. The third kappa shape index (κ3) is 3.62. The summed E-state index contributed by atoms with van der Waals surface area (Å²) in [5.74, 6) is -0.266. The summed E-state index contributed by atoms with van der Waals surface area (Å²) < 4.78 is 0. The molecule has 2 rings (SSSR count). The molecular weight excluding hydrogens is 296 g/mol. The molecule has 0 aromatic heterocycles. The molecule has 1 saturated heterocycles. The van der Waals surface area contributed by atoms with E-state index in [1.807, 2.05) is 0 Å². The van der Waals surface area contributed by atoms with Crippen molar-refractivity contribution in [1.29, 1.82) is 0 Å². The minimum Gasteiger partial charge on any atom is -0.393 e. The molecule has 1 amide bonds. The van der Waals surface area contributed by atoms with E-state index in [1.165, 1.54) is 18.2 Å². The van der Waals surface area contributed by atoms with Crippen LogP contribution in [-0.4, -0.2) is 41.9 Å². The number of carbonyl (C=O) groups excluding carboxylic acids is 1. The molecule has 1 aromatic rings. The number of para-hydroxylation sites is 1. The summed E-state index contributed by atoms with van der Waals surface area (Å²) >= 11 is 0. The van der Waals surface area contributed by atoms with E-state index in [2.05, 4.69) is 5.32 Å². The van der Waals surface area contributed by atoms with Crippen molar-refractivity contribution in [3.63, 3.8) is 0 Å². The fourth-order valence-corrected chi connectivity index (χ4v) is 2.45. The number of nitrogens with one attached hydrogen (secondary N) is 1. The first kappa shape index (κ1) is 17.2. The molecule has 0 aliphatic carbocycles. The Morgan fingerprint density at radius 1 is 1.43 bits per heavy atom. The van der Waals surface area contributed by atoms with Crippen molar-refractivity contribution in [2.45, 2.75) is 18.9 Å². The molecule has 1 aliphatic heterocycles. The molecule has 0 saturated carbocycles. The molecule has 3 N–H and O–H groups in total. The normalized spacial score (nSPS) is 15.1. The van der Waals surface area contributed by atoms with E-state index < -0.39 is 4.92 Å². The minimum absolute atomic E-state index is 0. The standard InChI is InChI=1S/C13H18N4O3.ClH/c1-16(9-5-7-15-8-6-9)13(18)10-3-2-4-11(12(10)14)17(19)20;/h2-4,9,15H,5-8,14H2,1H3;1H. The van der Waals surface area contributed by atoms with Crippen LogP contribution in [0.3, 0.4) is 0 Å². The molecule has 0 spiro atoms. The van der Waals surface area contributed by atoms with Gasteiger partial charge < -0.3 is 16.0 Å². The monoisotopic (exact) mass is 314 g/mol. The zero-order valence-electron chi connectivity index (χ0n) is 11.7. The second-order valence-corrected chi connectivity index (χ2v) is 4.89. The molecule has 7 nitrogen and oxygen atoms in total. The third-order valence-electron chi connectivity index (χ3n) is 3.69. The predicted molar refractivity (Wildman–Crippen MR) is 82.7 cm³/mol. The van der Waals surface area contributed by atoms with Crippen LogP contribution in [0.25, 0.3) is 0 Å². The Bertz CT molecular complexity index is 532. The molecule has 1 aromatic carbocycles. The Morgan fingerprint density at radius 2 is 2.05 bits per heavy atom. The number of nitro groups is 1. The van der Waals surface area contributed by atoms with E-state index in [9.17, 15) is 14.9 Å². The molecule has 0 atom stereocenters. The van der Waals surface area contributed by atoms with Crippen molar-refractivity contribution in [3.05, 3.63) is 33.9 Å². The number of hydrogen-bond acceptors (Lipinski definition) is 5. The summed E-state index contributed by atoms with van der Waals surface area (Å²) in [6.07, 6.45) is 1.74. The van der Waals surface area contributed by atoms with Crippen molar-refractivity contribution in [1.82, 2.24) is 10.2 Å². The fourth-order valence-electron chi connectivity index (χ4n) is 2.45. The Hall–Kier alpha value is -1.86. The second kappa shape index (κ2) is 7.24. The van der Waals surface area contributed by atoms with Gasteiger partial charge in [-0.2, -0.15) is 0 Å². The second-order valence-electron chi connectivity index (χ2n) is 4.89. The lowest BCUT2D eigenvalue weighted by molar-refractivity contribution is -0.383. The summed E-state index contributed by atoms with van der Waals surface area (Å²) in [5.41, 5.74) is 5.65. The van der Waals surface area contributed by atoms with Gasteiger partial charge in [-0.05, 0) is 32.0 Å². The van der Waals surface area contributed by atoms with Crippen molar-refractivity contribution < 1.29 is 9.72 Å². The molecule has 0 radical (unpaired) electrons. The molecule has 8 heteroatoms. The van der Waals surface area contributed by atoms with Crippen LogP contribution in [0, 0.1) is 10.1 Å². The zero-order valence-corrected chi connectivity index (χ0v) is 12.6. The number of benzene rings is 1. The van der Waals surface area contributed by atoms with Gasteiger partial charge in [0.25, 0.3) is 11.6 Å². The maximum atomic E-state index is 12.4. The van der Waals surface area contributed by atoms with Gasteiger partial charge >= 0.3 is 0 Å². The maximum absolute atomic E-state index is 12.4. The van der Waals surface area contributed by atoms with E-state index in [0.717, 1.165) is 25.9 Å². The molecule has 1 heterocycles. The van der Waals surface area contributed by atoms with Gasteiger partial charge in [-0.25, -0.2) is 0 Å². The van der Waals surface area contributed by atoms with Gasteiger partial charge in [-0.15, -0.1) is 12.4 Å². The van der Waals surface area contributed by atoms with Crippen molar-refractivity contribution in [3.8, 4) is 0 Å². The van der Waals surface area contributed by atoms with Crippen LogP contribution >= 0.6 is 12.4 Å². The number of amides is 1. The Kier molecular flexibility index (Phi) is 5.92. The number of nitrogens with two attached hydrogens (primary N) is 1. The average molecular weight is 315 g/mol. The lowest BCUT2D eigenvalue weighted by Crippen LogP contribution is -2.44. The van der Waals surface area contributed by atoms with Crippen LogP contribution < -0.4 is 11.1 Å². The summed E-state index contributed by atoms with van der Waals surface area (Å²) in [6.45, 7) is 1.74. The molecule has 0 unspecified atom stereocenters. The summed E-state index contributed by atoms with van der Waals surface area (Å²) in [5, 5.41) is 14.1. The molecule has 1 aliphatic rings. The molecule has 21 heavy (non-hydrogen) atoms. The number of halogens is 1. The SMILES string of the molecule is CN(C(=O)c1cccc([N+](=O)[O-])c1N)C1CCNCC1.Cl. The first-order chi connectivity index (χ1) is 9.52. The molecule has 0 bridgehead atoms. The summed E-state index contributed by atoms with van der Waals surface area (Å²) in [4.78, 5) is 24.4. The predicted octanol–water partition coefficient (Wildman–Crippen LogP) is 1.42. The van der Waals surface area contributed by atoms with Crippen LogP contribution in [0.4, 0.5) is 11.4 Å². The molecule has 116 valence electrons. The van der Waals surface area contributed by atoms with E-state index in [-0.39, 0.29) is 41.3 Å². The quantitative estimate of drug-likeness (QED) is 0.499. The topological polar surface area (TPSA) is 102 Å². The number of nitrogen functional groups attached to an aromatic ring is 1. The van der Waals surface area contributed by atoms with Crippen LogP contribution in [0.5, 0.6) is 0 Å². The highest BCUT2D eigenvalue weighted by Gasteiger charge is 2.26. The van der Waals surface area contributed by atoms with Gasteiger partial charge in [0.05, 0.1) is 10.5 Å². The van der Waals surface area contributed by atoms with E-state index >= 15 is 0 Å². The van der Waals surface area contributed by atoms with Gasteiger partial charge in [0.1, 0.15) is 5.69 Å². The van der Waals surface area contributed by atoms with Gasteiger partial charge in [-0.1, -0.05) is 6.07 Å². The highest BCUT2D eigenvalue weighted by atomic mass is 35.5. The minimum atomic E-state index is -0.573. The van der Waals surface area contributed by atoms with Crippen LogP contribution in [0.1, 0.15) is 23.2 Å². The van der Waals surface area contributed by atoms with E-state index in [0.29, 0.717) is 0 Å². The summed E-state index contributed by atoms with van der Waals surface area (Å²) in [6, 6.07) is 4.46. The Labute approximate surface area is 129 Å². The van der Waals surface area contributed by atoms with Crippen molar-refractivity contribution in [2.24, 2.45) is 0 Å². The first-order valence-corrected chi connectivity index (χ1v) is 6.53. The fraction of sp³-hybridized carbons (Fsp3) is 0.462. The summed E-state index contributed by atoms with van der Waals surface area (Å²) in [7, 11) is 1.72. The number of nitro benzene ring substituents is 1. The number of piperidine rings is 1. The van der Waals surface area contributed by atoms with E-state index in [4.69, 9.17) is 5.73 Å². The van der Waals surface area contributed by atoms with Crippen LogP contribution in [-0.2, 0) is 0 Å².